The molecule has 0 spiro atoms. The van der Waals surface area contributed by atoms with Crippen LogP contribution in [0.15, 0.2) is 24.3 Å². The fourth-order valence-electron chi connectivity index (χ4n) is 1.36. The minimum Gasteiger partial charge on any atom is -0.380 e. The summed E-state index contributed by atoms with van der Waals surface area (Å²) in [5.74, 6) is -0.164. The van der Waals surface area contributed by atoms with Gasteiger partial charge in [-0.15, -0.1) is 0 Å². The molecule has 1 rings (SSSR count). The number of halogens is 1. The van der Waals surface area contributed by atoms with Gasteiger partial charge in [-0.1, -0.05) is 18.2 Å². The summed E-state index contributed by atoms with van der Waals surface area (Å²) in [6, 6.07) is 6.82. The highest BCUT2D eigenvalue weighted by molar-refractivity contribution is 5.20. The molecule has 0 amide bonds. The van der Waals surface area contributed by atoms with E-state index in [-0.39, 0.29) is 18.0 Å². The van der Waals surface area contributed by atoms with Gasteiger partial charge in [0.05, 0.1) is 6.10 Å². The van der Waals surface area contributed by atoms with E-state index < -0.39 is 0 Å². The standard InChI is InChI=1S/C12H18FNO/c1-9(15-3)8-14-10(2)11-6-4-5-7-12(11)13/h4-7,9-10,14H,8H2,1-3H3. The van der Waals surface area contributed by atoms with E-state index in [1.54, 1.807) is 19.2 Å². The summed E-state index contributed by atoms with van der Waals surface area (Å²) in [5, 5.41) is 3.23. The number of ether oxygens (including phenoxy) is 1. The average molecular weight is 211 g/mol. The normalized spacial score (nSPS) is 14.9. The van der Waals surface area contributed by atoms with Gasteiger partial charge in [0, 0.05) is 25.3 Å². The first-order valence-electron chi connectivity index (χ1n) is 5.15. The Bertz CT molecular complexity index is 303. The van der Waals surface area contributed by atoms with Crippen LogP contribution in [0.1, 0.15) is 25.5 Å². The van der Waals surface area contributed by atoms with E-state index in [4.69, 9.17) is 4.74 Å². The molecule has 0 fully saturated rings. The van der Waals surface area contributed by atoms with Crippen LogP contribution in [0.5, 0.6) is 0 Å². The van der Waals surface area contributed by atoms with E-state index in [0.717, 1.165) is 0 Å². The van der Waals surface area contributed by atoms with Crippen molar-refractivity contribution in [3.63, 3.8) is 0 Å². The summed E-state index contributed by atoms with van der Waals surface area (Å²) < 4.78 is 18.5. The van der Waals surface area contributed by atoms with Gasteiger partial charge in [0.2, 0.25) is 0 Å². The monoisotopic (exact) mass is 211 g/mol. The van der Waals surface area contributed by atoms with Crippen LogP contribution in [0.25, 0.3) is 0 Å². The Labute approximate surface area is 90.4 Å². The molecular weight excluding hydrogens is 193 g/mol. The van der Waals surface area contributed by atoms with Crippen molar-refractivity contribution in [2.45, 2.75) is 26.0 Å². The number of nitrogens with one attached hydrogen (secondary N) is 1. The fraction of sp³-hybridized carbons (Fsp3) is 0.500. The van der Waals surface area contributed by atoms with Gasteiger partial charge in [-0.3, -0.25) is 0 Å². The van der Waals surface area contributed by atoms with Crippen LogP contribution >= 0.6 is 0 Å². The third kappa shape index (κ3) is 3.61. The lowest BCUT2D eigenvalue weighted by Gasteiger charge is -2.17. The van der Waals surface area contributed by atoms with Crippen LogP contribution in [0.3, 0.4) is 0 Å². The van der Waals surface area contributed by atoms with Gasteiger partial charge in [0.25, 0.3) is 0 Å². The van der Waals surface area contributed by atoms with Crippen molar-refractivity contribution >= 4 is 0 Å². The predicted molar refractivity (Wildman–Crippen MR) is 59.3 cm³/mol. The molecule has 2 unspecified atom stereocenters. The van der Waals surface area contributed by atoms with Crippen LogP contribution in [-0.4, -0.2) is 19.8 Å². The molecule has 3 heteroatoms. The van der Waals surface area contributed by atoms with Crippen LogP contribution in [-0.2, 0) is 4.74 Å². The van der Waals surface area contributed by atoms with Gasteiger partial charge >= 0.3 is 0 Å². The molecule has 0 aliphatic rings. The summed E-state index contributed by atoms with van der Waals surface area (Å²) in [6.07, 6.45) is 0.138. The van der Waals surface area contributed by atoms with Crippen molar-refractivity contribution in [2.24, 2.45) is 0 Å². The summed E-state index contributed by atoms with van der Waals surface area (Å²) in [5.41, 5.74) is 0.695. The van der Waals surface area contributed by atoms with Crippen LogP contribution in [0.4, 0.5) is 4.39 Å². The van der Waals surface area contributed by atoms with Gasteiger partial charge in [-0.05, 0) is 19.9 Å². The molecule has 15 heavy (non-hydrogen) atoms. The zero-order chi connectivity index (χ0) is 11.3. The van der Waals surface area contributed by atoms with Crippen molar-refractivity contribution in [1.29, 1.82) is 0 Å². The fourth-order valence-corrected chi connectivity index (χ4v) is 1.36. The van der Waals surface area contributed by atoms with E-state index in [0.29, 0.717) is 12.1 Å². The minimum atomic E-state index is -0.164. The van der Waals surface area contributed by atoms with Crippen molar-refractivity contribution in [3.05, 3.63) is 35.6 Å². The first-order valence-corrected chi connectivity index (χ1v) is 5.15. The molecule has 2 nitrogen and oxygen atoms in total. The number of hydrogen-bond donors (Lipinski definition) is 1. The average Bonchev–Trinajstić information content (AvgIpc) is 2.26. The molecule has 1 aromatic rings. The summed E-state index contributed by atoms with van der Waals surface area (Å²) in [7, 11) is 1.67. The lowest BCUT2D eigenvalue weighted by Crippen LogP contribution is -2.28. The Hall–Kier alpha value is -0.930. The lowest BCUT2D eigenvalue weighted by molar-refractivity contribution is 0.114. The SMILES string of the molecule is COC(C)CNC(C)c1ccccc1F. The molecule has 0 bridgehead atoms. The first-order chi connectivity index (χ1) is 7.15. The summed E-state index contributed by atoms with van der Waals surface area (Å²) in [6.45, 7) is 4.63. The third-order valence-electron chi connectivity index (χ3n) is 2.49. The zero-order valence-electron chi connectivity index (χ0n) is 9.46. The Kier molecular flexibility index (Phi) is 4.72. The van der Waals surface area contributed by atoms with Gasteiger partial charge in [0.15, 0.2) is 0 Å². The first kappa shape index (κ1) is 12.1. The van der Waals surface area contributed by atoms with Crippen molar-refractivity contribution in [3.8, 4) is 0 Å². The molecule has 0 radical (unpaired) electrons. The third-order valence-corrected chi connectivity index (χ3v) is 2.49. The van der Waals surface area contributed by atoms with Gasteiger partial charge in [-0.2, -0.15) is 0 Å². The van der Waals surface area contributed by atoms with Gasteiger partial charge in [0.1, 0.15) is 5.82 Å². The maximum atomic E-state index is 13.4. The predicted octanol–water partition coefficient (Wildman–Crippen LogP) is 2.51. The summed E-state index contributed by atoms with van der Waals surface area (Å²) >= 11 is 0. The Morgan fingerprint density at radius 3 is 2.60 bits per heavy atom. The highest BCUT2D eigenvalue weighted by Crippen LogP contribution is 2.15. The van der Waals surface area contributed by atoms with Crippen molar-refractivity contribution in [2.75, 3.05) is 13.7 Å². The Morgan fingerprint density at radius 2 is 2.00 bits per heavy atom. The van der Waals surface area contributed by atoms with Crippen molar-refractivity contribution in [1.82, 2.24) is 5.32 Å². The van der Waals surface area contributed by atoms with Crippen LogP contribution < -0.4 is 5.32 Å². The molecule has 0 saturated heterocycles. The largest absolute Gasteiger partial charge is 0.380 e. The molecular formula is C12H18FNO. The molecule has 0 aliphatic heterocycles. The summed E-state index contributed by atoms with van der Waals surface area (Å²) in [4.78, 5) is 0. The molecule has 1 N–H and O–H groups in total. The second-order valence-electron chi connectivity index (χ2n) is 3.70. The molecule has 2 atom stereocenters. The molecule has 0 aromatic heterocycles. The van der Waals surface area contributed by atoms with Crippen molar-refractivity contribution < 1.29 is 9.13 Å². The maximum absolute atomic E-state index is 13.4. The topological polar surface area (TPSA) is 21.3 Å². The maximum Gasteiger partial charge on any atom is 0.127 e. The van der Waals surface area contributed by atoms with Crippen LogP contribution in [0, 0.1) is 5.82 Å². The highest BCUT2D eigenvalue weighted by Gasteiger charge is 2.10. The second-order valence-corrected chi connectivity index (χ2v) is 3.70. The number of hydrogen-bond acceptors (Lipinski definition) is 2. The van der Waals surface area contributed by atoms with E-state index >= 15 is 0 Å². The van der Waals surface area contributed by atoms with Gasteiger partial charge < -0.3 is 10.1 Å². The highest BCUT2D eigenvalue weighted by atomic mass is 19.1. The second kappa shape index (κ2) is 5.83. The van der Waals surface area contributed by atoms with E-state index in [1.807, 2.05) is 19.9 Å². The molecule has 84 valence electrons. The smallest absolute Gasteiger partial charge is 0.127 e. The number of rotatable bonds is 5. The molecule has 0 aliphatic carbocycles. The Balaban J connectivity index is 2.54. The zero-order valence-corrected chi connectivity index (χ0v) is 9.46. The van der Waals surface area contributed by atoms with Gasteiger partial charge in [-0.25, -0.2) is 4.39 Å². The number of benzene rings is 1. The molecule has 0 saturated carbocycles. The Morgan fingerprint density at radius 1 is 1.33 bits per heavy atom. The lowest BCUT2D eigenvalue weighted by atomic mass is 10.1. The quantitative estimate of drug-likeness (QED) is 0.808. The van der Waals surface area contributed by atoms with E-state index in [9.17, 15) is 4.39 Å². The molecule has 1 aromatic carbocycles. The number of methoxy groups -OCH3 is 1. The van der Waals surface area contributed by atoms with Crippen LogP contribution in [0.2, 0.25) is 0 Å². The minimum absolute atomic E-state index is 0.00352. The molecule has 0 heterocycles. The van der Waals surface area contributed by atoms with E-state index in [1.165, 1.54) is 6.07 Å². The van der Waals surface area contributed by atoms with E-state index in [2.05, 4.69) is 5.32 Å².